The van der Waals surface area contributed by atoms with Gasteiger partial charge in [0.1, 0.15) is 17.9 Å². The molecule has 1 unspecified atom stereocenters. The first-order valence-corrected chi connectivity index (χ1v) is 14.5. The number of piperidine rings is 1. The number of imidazole rings is 1. The summed E-state index contributed by atoms with van der Waals surface area (Å²) in [4.78, 5) is 32.6. The Morgan fingerprint density at radius 2 is 1.81 bits per heavy atom. The second-order valence-electron chi connectivity index (χ2n) is 11.0. The highest BCUT2D eigenvalue weighted by Gasteiger charge is 2.26. The molecule has 1 atom stereocenters. The molecule has 10 heteroatoms. The van der Waals surface area contributed by atoms with Crippen LogP contribution in [0.2, 0.25) is 0 Å². The lowest BCUT2D eigenvalue weighted by Gasteiger charge is -2.32. The summed E-state index contributed by atoms with van der Waals surface area (Å²) < 4.78 is 13.8. The highest BCUT2D eigenvalue weighted by Crippen LogP contribution is 2.30. The maximum absolute atomic E-state index is 11.5. The van der Waals surface area contributed by atoms with Crippen molar-refractivity contribution in [1.29, 1.82) is 0 Å². The van der Waals surface area contributed by atoms with Gasteiger partial charge in [0.25, 0.3) is 0 Å². The van der Waals surface area contributed by atoms with Gasteiger partial charge in [-0.1, -0.05) is 30.3 Å². The van der Waals surface area contributed by atoms with Crippen molar-refractivity contribution in [3.8, 4) is 5.88 Å². The number of fused-ring (bicyclic) bond motifs is 2. The van der Waals surface area contributed by atoms with Gasteiger partial charge in [-0.25, -0.2) is 19.7 Å². The Balaban J connectivity index is 1.01. The largest absolute Gasteiger partial charge is 0.477 e. The van der Waals surface area contributed by atoms with Crippen LogP contribution in [0.15, 0.2) is 66.9 Å². The molecule has 6 heterocycles. The van der Waals surface area contributed by atoms with Crippen molar-refractivity contribution in [2.75, 3.05) is 19.7 Å². The Labute approximate surface area is 243 Å². The SMILES string of the molecule is O=C(O)c1ccc2nc(CN3CCC(c4cccc(OCc5cccc6cccnc56)n4)CC3)n(CC3CCO3)c2n1. The van der Waals surface area contributed by atoms with E-state index in [1.165, 1.54) is 6.07 Å². The number of aromatic carboxylic acids is 1. The van der Waals surface area contributed by atoms with Crippen LogP contribution in [-0.4, -0.2) is 66.3 Å². The standard InChI is InChI=1S/C32H32N6O4/c39-32(40)27-10-9-26-31(36-27)38(18-24-13-17-41-24)28(34-26)19-37-15-11-21(12-16-37)25-7-2-8-29(35-25)42-20-23-5-1-4-22-6-3-14-33-30(22)23/h1-10,14,21,24H,11-13,15-20H2,(H,39,40). The third-order valence-corrected chi connectivity index (χ3v) is 8.28. The number of carboxylic acid groups (broad SMARTS) is 1. The smallest absolute Gasteiger partial charge is 0.354 e. The van der Waals surface area contributed by atoms with E-state index in [1.807, 2.05) is 41.1 Å². The summed E-state index contributed by atoms with van der Waals surface area (Å²) in [6.07, 6.45) is 4.87. The summed E-state index contributed by atoms with van der Waals surface area (Å²) >= 11 is 0. The van der Waals surface area contributed by atoms with Crippen molar-refractivity contribution in [3.05, 3.63) is 89.6 Å². The Morgan fingerprint density at radius 1 is 0.976 bits per heavy atom. The third kappa shape index (κ3) is 5.43. The summed E-state index contributed by atoms with van der Waals surface area (Å²) in [7, 11) is 0. The van der Waals surface area contributed by atoms with Crippen molar-refractivity contribution in [2.45, 2.75) is 51.0 Å². The molecule has 10 nitrogen and oxygen atoms in total. The van der Waals surface area contributed by atoms with Gasteiger partial charge in [-0.15, -0.1) is 0 Å². The number of benzene rings is 1. The summed E-state index contributed by atoms with van der Waals surface area (Å²) in [6.45, 7) is 4.30. The highest BCUT2D eigenvalue weighted by molar-refractivity contribution is 5.88. The van der Waals surface area contributed by atoms with E-state index in [-0.39, 0.29) is 11.8 Å². The van der Waals surface area contributed by atoms with Gasteiger partial charge >= 0.3 is 5.97 Å². The number of aromatic nitrogens is 5. The lowest BCUT2D eigenvalue weighted by Crippen LogP contribution is -2.35. The van der Waals surface area contributed by atoms with Crippen molar-refractivity contribution in [1.82, 2.24) is 29.4 Å². The van der Waals surface area contributed by atoms with Crippen molar-refractivity contribution >= 4 is 28.0 Å². The van der Waals surface area contributed by atoms with E-state index in [9.17, 15) is 9.90 Å². The summed E-state index contributed by atoms with van der Waals surface area (Å²) in [6, 6.07) is 19.4. The van der Waals surface area contributed by atoms with Gasteiger partial charge in [0.2, 0.25) is 5.88 Å². The molecule has 5 aromatic rings. The van der Waals surface area contributed by atoms with E-state index in [4.69, 9.17) is 19.4 Å². The Hall–Kier alpha value is -4.41. The van der Waals surface area contributed by atoms with E-state index >= 15 is 0 Å². The number of carbonyl (C=O) groups is 1. The molecule has 2 aliphatic rings. The van der Waals surface area contributed by atoms with Gasteiger partial charge in [0.05, 0.1) is 24.7 Å². The molecule has 42 heavy (non-hydrogen) atoms. The summed E-state index contributed by atoms with van der Waals surface area (Å²) in [5.74, 6) is 0.835. The van der Waals surface area contributed by atoms with Gasteiger partial charge in [-0.2, -0.15) is 0 Å². The predicted molar refractivity (Wildman–Crippen MR) is 156 cm³/mol. The topological polar surface area (TPSA) is 115 Å². The lowest BCUT2D eigenvalue weighted by atomic mass is 9.93. The number of pyridine rings is 3. The van der Waals surface area contributed by atoms with Crippen molar-refractivity contribution in [2.24, 2.45) is 0 Å². The minimum Gasteiger partial charge on any atom is -0.477 e. The van der Waals surface area contributed by atoms with E-state index in [2.05, 4.69) is 33.1 Å². The molecule has 214 valence electrons. The minimum atomic E-state index is -1.04. The second-order valence-corrected chi connectivity index (χ2v) is 11.0. The normalized spacial score (nSPS) is 17.9. The highest BCUT2D eigenvalue weighted by atomic mass is 16.5. The van der Waals surface area contributed by atoms with E-state index in [1.54, 1.807) is 6.07 Å². The Bertz CT molecular complexity index is 1740. The number of hydrogen-bond donors (Lipinski definition) is 1. The number of ether oxygens (including phenoxy) is 2. The van der Waals surface area contributed by atoms with E-state index in [0.717, 1.165) is 66.9 Å². The zero-order valence-corrected chi connectivity index (χ0v) is 23.2. The van der Waals surface area contributed by atoms with Gasteiger partial charge < -0.3 is 19.1 Å². The number of nitrogens with zero attached hydrogens (tertiary/aromatic N) is 6. The molecule has 2 aliphatic heterocycles. The molecule has 0 bridgehead atoms. The molecule has 0 amide bonds. The fraction of sp³-hybridized carbons (Fsp3) is 0.344. The molecule has 0 aliphatic carbocycles. The molecule has 2 fully saturated rings. The molecule has 0 saturated carbocycles. The average molecular weight is 565 g/mol. The van der Waals surface area contributed by atoms with Crippen LogP contribution in [0.25, 0.3) is 22.1 Å². The first-order valence-electron chi connectivity index (χ1n) is 14.5. The van der Waals surface area contributed by atoms with Gasteiger partial charge in [-0.3, -0.25) is 9.88 Å². The fourth-order valence-corrected chi connectivity index (χ4v) is 5.87. The monoisotopic (exact) mass is 564 g/mol. The number of rotatable bonds is 9. The van der Waals surface area contributed by atoms with E-state index in [0.29, 0.717) is 42.7 Å². The molecule has 0 radical (unpaired) electrons. The molecule has 1 N–H and O–H groups in total. The molecular formula is C32H32N6O4. The molecule has 4 aromatic heterocycles. The molecular weight excluding hydrogens is 532 g/mol. The fourth-order valence-electron chi connectivity index (χ4n) is 5.87. The average Bonchev–Trinajstić information content (AvgIpc) is 3.34. The van der Waals surface area contributed by atoms with E-state index < -0.39 is 5.97 Å². The van der Waals surface area contributed by atoms with Crippen LogP contribution < -0.4 is 4.74 Å². The summed E-state index contributed by atoms with van der Waals surface area (Å²) in [5.41, 5.74) is 4.40. The number of para-hydroxylation sites is 1. The Kier molecular flexibility index (Phi) is 7.23. The van der Waals surface area contributed by atoms with Crippen LogP contribution in [0.5, 0.6) is 5.88 Å². The second kappa shape index (κ2) is 11.5. The maximum Gasteiger partial charge on any atom is 0.354 e. The number of hydrogen-bond acceptors (Lipinski definition) is 8. The van der Waals surface area contributed by atoms with Crippen LogP contribution in [-0.2, 0) is 24.4 Å². The number of likely N-dealkylation sites (tertiary alicyclic amines) is 1. The molecule has 7 rings (SSSR count). The van der Waals surface area contributed by atoms with Crippen molar-refractivity contribution in [3.63, 3.8) is 0 Å². The van der Waals surface area contributed by atoms with Gasteiger partial charge in [0, 0.05) is 41.4 Å². The molecule has 2 saturated heterocycles. The van der Waals surface area contributed by atoms with Gasteiger partial charge in [0.15, 0.2) is 11.3 Å². The summed E-state index contributed by atoms with van der Waals surface area (Å²) in [5, 5.41) is 10.6. The van der Waals surface area contributed by atoms with Crippen LogP contribution in [0.4, 0.5) is 0 Å². The van der Waals surface area contributed by atoms with Gasteiger partial charge in [-0.05, 0) is 56.6 Å². The van der Waals surface area contributed by atoms with Crippen LogP contribution >= 0.6 is 0 Å². The molecule has 1 aromatic carbocycles. The van der Waals surface area contributed by atoms with Crippen LogP contribution in [0.1, 0.15) is 52.8 Å². The first kappa shape index (κ1) is 26.5. The van der Waals surface area contributed by atoms with Crippen LogP contribution in [0, 0.1) is 0 Å². The maximum atomic E-state index is 11.5. The Morgan fingerprint density at radius 3 is 2.62 bits per heavy atom. The number of carboxylic acids is 1. The first-order chi connectivity index (χ1) is 20.6. The van der Waals surface area contributed by atoms with Crippen LogP contribution in [0.3, 0.4) is 0 Å². The quantitative estimate of drug-likeness (QED) is 0.269. The predicted octanol–water partition coefficient (Wildman–Crippen LogP) is 4.82. The zero-order valence-electron chi connectivity index (χ0n) is 23.2. The van der Waals surface area contributed by atoms with Crippen molar-refractivity contribution < 1.29 is 19.4 Å². The third-order valence-electron chi connectivity index (χ3n) is 8.28. The zero-order chi connectivity index (χ0) is 28.5. The minimum absolute atomic E-state index is 0.0260. The molecule has 0 spiro atoms. The lowest BCUT2D eigenvalue weighted by molar-refractivity contribution is -0.0593.